The van der Waals surface area contributed by atoms with Crippen molar-refractivity contribution in [1.29, 1.82) is 0 Å². The molecule has 0 bridgehead atoms. The summed E-state index contributed by atoms with van der Waals surface area (Å²) in [7, 11) is 0. The van der Waals surface area contributed by atoms with Crippen LogP contribution >= 0.6 is 0 Å². The molecule has 0 spiro atoms. The average Bonchev–Trinajstić information content (AvgIpc) is 3.05. The van der Waals surface area contributed by atoms with Gasteiger partial charge < -0.3 is 49.5 Å². The minimum Gasteiger partial charge on any atom is -0.550 e. The van der Waals surface area contributed by atoms with E-state index in [2.05, 4.69) is 62.3 Å². The molecule has 56 heavy (non-hydrogen) atoms. The van der Waals surface area contributed by atoms with E-state index >= 15 is 0 Å². The number of hydrogen-bond acceptors (Lipinski definition) is 10. The number of unbranched alkanes of at least 4 members (excludes halogenated alkanes) is 7. The first kappa shape index (κ1) is 69.5. The third kappa shape index (κ3) is 64.7. The molecule has 0 aliphatic carbocycles. The molecule has 0 aromatic heterocycles. The molecule has 0 amide bonds. The van der Waals surface area contributed by atoms with Crippen molar-refractivity contribution in [3.8, 4) is 0 Å². The Morgan fingerprint density at radius 3 is 0.786 bits per heavy atom. The van der Waals surface area contributed by atoms with Gasteiger partial charge in [-0.1, -0.05) is 147 Å². The van der Waals surface area contributed by atoms with Crippen molar-refractivity contribution in [1.82, 2.24) is 0 Å². The Morgan fingerprint density at radius 2 is 0.643 bits per heavy atom. The van der Waals surface area contributed by atoms with E-state index in [9.17, 15) is 49.5 Å². The van der Waals surface area contributed by atoms with Gasteiger partial charge in [0.15, 0.2) is 0 Å². The number of carboxylic acid groups (broad SMARTS) is 5. The summed E-state index contributed by atoms with van der Waals surface area (Å²) in [6.45, 7) is 25.0. The maximum Gasteiger partial charge on any atom is 3.00 e. The van der Waals surface area contributed by atoms with Crippen LogP contribution in [-0.4, -0.2) is 56.0 Å². The van der Waals surface area contributed by atoms with Gasteiger partial charge in [0.25, 0.3) is 0 Å². The minimum atomic E-state index is -0.925. The zero-order valence-electron chi connectivity index (χ0n) is 38.0. The Balaban J connectivity index is -0.000000107. The first-order chi connectivity index (χ1) is 25.0. The van der Waals surface area contributed by atoms with E-state index in [-0.39, 0.29) is 76.3 Å². The molecule has 0 fully saturated rings. The summed E-state index contributed by atoms with van der Waals surface area (Å²) < 4.78 is 0. The van der Waals surface area contributed by atoms with E-state index in [1.54, 1.807) is 0 Å². The fourth-order valence-corrected chi connectivity index (χ4v) is 5.02. The van der Waals surface area contributed by atoms with Gasteiger partial charge in [-0.3, -0.25) is 0 Å². The molecule has 3 atom stereocenters. The van der Waals surface area contributed by atoms with Crippen LogP contribution in [0.3, 0.4) is 0 Å². The van der Waals surface area contributed by atoms with Gasteiger partial charge in [0, 0.05) is 29.8 Å². The molecule has 0 saturated carbocycles. The van der Waals surface area contributed by atoms with E-state index < -0.39 is 29.8 Å². The Morgan fingerprint density at radius 1 is 0.411 bits per heavy atom. The predicted molar refractivity (Wildman–Crippen MR) is 216 cm³/mol. The Labute approximate surface area is 375 Å². The molecule has 0 aliphatic rings. The Bertz CT molecular complexity index is 821. The second-order valence-corrected chi connectivity index (χ2v) is 16.7. The number of carbonyl (C=O) groups excluding carboxylic acids is 5. The summed E-state index contributed by atoms with van der Waals surface area (Å²) in [5.74, 6) is -5.20. The van der Waals surface area contributed by atoms with Gasteiger partial charge in [0.2, 0.25) is 0 Å². The van der Waals surface area contributed by atoms with Crippen LogP contribution in [-0.2, 0) is 43.5 Å². The smallest absolute Gasteiger partial charge is 0.550 e. The molecule has 0 rings (SSSR count). The van der Waals surface area contributed by atoms with Gasteiger partial charge in [-0.15, -0.1) is 0 Å². The Hall–Kier alpha value is -1.14. The SMILES string of the molecule is CC(C)(C)CCCCCC(=O)[O-].CC(C)(C)CCCCCC(=O)[O-].CCCCC(CC)C(=O)[O-].CCCCC(CC)C(=O)[O-].CCCCC(CC)C(=O)[O-].[Bi+3].[Zn+2]. The molecule has 2 radical (unpaired) electrons. The minimum absolute atomic E-state index is 0. The van der Waals surface area contributed by atoms with Crippen LogP contribution in [0.15, 0.2) is 0 Å². The summed E-state index contributed by atoms with van der Waals surface area (Å²) in [4.78, 5) is 51.1. The van der Waals surface area contributed by atoms with Crippen molar-refractivity contribution in [3.05, 3.63) is 0 Å². The zero-order chi connectivity index (χ0) is 43.2. The van der Waals surface area contributed by atoms with Crippen LogP contribution in [0.2, 0.25) is 0 Å². The van der Waals surface area contributed by atoms with Gasteiger partial charge in [-0.25, -0.2) is 0 Å². The van der Waals surface area contributed by atoms with E-state index in [0.29, 0.717) is 30.1 Å². The van der Waals surface area contributed by atoms with Crippen LogP contribution < -0.4 is 25.5 Å². The third-order valence-electron chi connectivity index (χ3n) is 8.81. The largest absolute Gasteiger partial charge is 3.00 e. The first-order valence-electron chi connectivity index (χ1n) is 21.0. The summed E-state index contributed by atoms with van der Waals surface area (Å²) in [6, 6.07) is 0. The standard InChI is InChI=1S/2C10H20O2.3C8H16O2.Bi.Zn/c2*1-10(2,3)8-6-4-5-7-9(11)12;3*1-3-5-6-7(4-2)8(9)10;;/h2*4-8H2,1-3H3,(H,11,12);3*7H,3-6H2,1-2H3,(H,9,10);;/q;;;;;+3;+2/p-5. The van der Waals surface area contributed by atoms with Gasteiger partial charge >= 0.3 is 45.7 Å². The molecule has 0 aromatic rings. The Kier molecular flexibility index (Phi) is 57.7. The summed E-state index contributed by atoms with van der Waals surface area (Å²) in [5, 5.41) is 51.1. The zero-order valence-corrected chi connectivity index (χ0v) is 44.5. The maximum atomic E-state index is 10.3. The summed E-state index contributed by atoms with van der Waals surface area (Å²) >= 11 is 0. The number of carbonyl (C=O) groups is 5. The molecule has 326 valence electrons. The quantitative estimate of drug-likeness (QED) is 0.0779. The molecule has 12 heteroatoms. The first-order valence-corrected chi connectivity index (χ1v) is 21.0. The normalized spacial score (nSPS) is 11.9. The van der Waals surface area contributed by atoms with Crippen LogP contribution in [0.5, 0.6) is 0 Å². The molecule has 0 N–H and O–H groups in total. The molecule has 0 aliphatic heterocycles. The van der Waals surface area contributed by atoms with Gasteiger partial charge in [0.05, 0.1) is 0 Å². The summed E-state index contributed by atoms with van der Waals surface area (Å²) in [6.07, 6.45) is 19.1. The summed E-state index contributed by atoms with van der Waals surface area (Å²) in [5.41, 5.74) is 0.753. The molecule has 0 aromatic carbocycles. The second-order valence-electron chi connectivity index (χ2n) is 16.7. The number of carboxylic acids is 5. The van der Waals surface area contributed by atoms with Crippen molar-refractivity contribution in [3.63, 3.8) is 0 Å². The molecular weight excluding hydrogens is 963 g/mol. The topological polar surface area (TPSA) is 201 Å². The van der Waals surface area contributed by atoms with E-state index in [1.165, 1.54) is 12.8 Å². The van der Waals surface area contributed by atoms with E-state index in [1.807, 2.05) is 20.8 Å². The van der Waals surface area contributed by atoms with E-state index in [0.717, 1.165) is 96.3 Å². The number of hydrogen-bond donors (Lipinski definition) is 0. The molecular formula is C44H83BiO10Zn. The van der Waals surface area contributed by atoms with Crippen LogP contribution in [0.1, 0.15) is 224 Å². The van der Waals surface area contributed by atoms with Crippen molar-refractivity contribution >= 4 is 56.0 Å². The number of rotatable bonds is 25. The van der Waals surface area contributed by atoms with Crippen molar-refractivity contribution in [2.24, 2.45) is 28.6 Å². The van der Waals surface area contributed by atoms with Crippen LogP contribution in [0.4, 0.5) is 0 Å². The molecule has 10 nitrogen and oxygen atoms in total. The molecule has 3 unspecified atom stereocenters. The molecule has 0 heterocycles. The fourth-order valence-electron chi connectivity index (χ4n) is 5.02. The monoisotopic (exact) mass is 1040 g/mol. The average molecular weight is 1050 g/mol. The van der Waals surface area contributed by atoms with Crippen molar-refractivity contribution in [2.75, 3.05) is 0 Å². The van der Waals surface area contributed by atoms with Gasteiger partial charge in [0.1, 0.15) is 0 Å². The van der Waals surface area contributed by atoms with Gasteiger partial charge in [-0.2, -0.15) is 0 Å². The van der Waals surface area contributed by atoms with Crippen LogP contribution in [0, 0.1) is 28.6 Å². The predicted octanol–water partition coefficient (Wildman–Crippen LogP) is 5.94. The van der Waals surface area contributed by atoms with Crippen LogP contribution in [0.25, 0.3) is 0 Å². The van der Waals surface area contributed by atoms with Crippen molar-refractivity contribution < 1.29 is 69.0 Å². The second kappa shape index (κ2) is 46.5. The fraction of sp³-hybridized carbons (Fsp3) is 0.886. The third-order valence-corrected chi connectivity index (χ3v) is 8.81. The van der Waals surface area contributed by atoms with E-state index in [4.69, 9.17) is 0 Å². The van der Waals surface area contributed by atoms with Crippen molar-refractivity contribution in [2.45, 2.75) is 224 Å². The molecule has 0 saturated heterocycles. The number of aliphatic carboxylic acids is 5. The van der Waals surface area contributed by atoms with Gasteiger partial charge in [-0.05, 0) is 106 Å². The maximum absolute atomic E-state index is 10.3.